The lowest BCUT2D eigenvalue weighted by atomic mass is 9.51. The van der Waals surface area contributed by atoms with Gasteiger partial charge < -0.3 is 9.47 Å². The highest BCUT2D eigenvalue weighted by Gasteiger charge is 2.70. The first-order valence-corrected chi connectivity index (χ1v) is 13.6. The molecule has 2 aromatic carbocycles. The molecule has 2 aliphatic heterocycles. The van der Waals surface area contributed by atoms with Crippen molar-refractivity contribution < 1.29 is 38.2 Å². The molecule has 3 aliphatic carbocycles. The van der Waals surface area contributed by atoms with E-state index in [4.69, 9.17) is 9.47 Å². The number of benzene rings is 2. The van der Waals surface area contributed by atoms with Crippen LogP contribution in [0.2, 0.25) is 0 Å². The van der Waals surface area contributed by atoms with Crippen LogP contribution in [-0.4, -0.2) is 35.6 Å². The summed E-state index contributed by atoms with van der Waals surface area (Å²) in [7, 11) is 0. The van der Waals surface area contributed by atoms with Gasteiger partial charge in [-0.25, -0.2) is 9.80 Å². The Morgan fingerprint density at radius 3 is 1.32 bits per heavy atom. The largest absolute Gasteiger partial charge is 0.426 e. The maximum atomic E-state index is 13.8. The fourth-order valence-electron chi connectivity index (χ4n) is 7.06. The number of ether oxygens (including phenoxy) is 2. The second-order valence-electron chi connectivity index (χ2n) is 10.7. The fraction of sp³-hybridized carbons (Fsp3) is 0.400. The quantitative estimate of drug-likeness (QED) is 0.308. The van der Waals surface area contributed by atoms with Crippen molar-refractivity contribution in [3.05, 3.63) is 48.5 Å². The molecule has 10 heteroatoms. The van der Waals surface area contributed by atoms with Gasteiger partial charge >= 0.3 is 11.9 Å². The standard InChI is InChI=1S/C30H28N2O8/c1-3-21(33)39-17-9-5-7-15(13-17)31-27(35)23-19-11-12-20(24(23)28(31)36)26-25(19)29(37)32(30(26)38)16-8-6-10-18(14-16)40-22(34)4-2/h5-10,13-14,19-20,23-26H,3-4,11-12H2,1-2H3. The van der Waals surface area contributed by atoms with Gasteiger partial charge in [-0.2, -0.15) is 0 Å². The Hall–Kier alpha value is -4.34. The normalized spacial score (nSPS) is 28.6. The highest BCUT2D eigenvalue weighted by molar-refractivity contribution is 6.26. The second kappa shape index (κ2) is 9.69. The van der Waals surface area contributed by atoms with E-state index in [0.29, 0.717) is 24.2 Å². The molecule has 0 radical (unpaired) electrons. The minimum atomic E-state index is -0.706. The Kier molecular flexibility index (Phi) is 6.28. The van der Waals surface area contributed by atoms with Crippen molar-refractivity contribution in [1.29, 1.82) is 0 Å². The van der Waals surface area contributed by atoms with E-state index in [1.54, 1.807) is 50.2 Å². The smallest absolute Gasteiger partial charge is 0.310 e. The molecule has 4 atom stereocenters. The topological polar surface area (TPSA) is 127 Å². The van der Waals surface area contributed by atoms with Crippen molar-refractivity contribution in [2.75, 3.05) is 9.80 Å². The molecule has 2 bridgehead atoms. The van der Waals surface area contributed by atoms with Gasteiger partial charge in [-0.05, 0) is 48.9 Å². The zero-order valence-electron chi connectivity index (χ0n) is 22.1. The van der Waals surface area contributed by atoms with Crippen LogP contribution < -0.4 is 19.3 Å². The molecule has 40 heavy (non-hydrogen) atoms. The minimum Gasteiger partial charge on any atom is -0.426 e. The number of amides is 4. The van der Waals surface area contributed by atoms with E-state index in [0.717, 1.165) is 9.80 Å². The summed E-state index contributed by atoms with van der Waals surface area (Å²) in [6.07, 6.45) is 1.48. The second-order valence-corrected chi connectivity index (χ2v) is 10.7. The van der Waals surface area contributed by atoms with Crippen molar-refractivity contribution in [2.24, 2.45) is 35.5 Å². The van der Waals surface area contributed by atoms with Crippen LogP contribution in [0.4, 0.5) is 11.4 Å². The average Bonchev–Trinajstić information content (AvgIpc) is 3.40. The third-order valence-electron chi connectivity index (χ3n) is 8.67. The van der Waals surface area contributed by atoms with Crippen LogP contribution in [0.15, 0.2) is 48.5 Å². The number of carbonyl (C=O) groups is 6. The molecule has 7 rings (SSSR count). The molecule has 4 unspecified atom stereocenters. The predicted molar refractivity (Wildman–Crippen MR) is 140 cm³/mol. The summed E-state index contributed by atoms with van der Waals surface area (Å²) in [6, 6.07) is 12.6. The van der Waals surface area contributed by atoms with Crippen LogP contribution in [-0.2, 0) is 28.8 Å². The number of hydrogen-bond acceptors (Lipinski definition) is 8. The van der Waals surface area contributed by atoms with Gasteiger partial charge in [-0.15, -0.1) is 0 Å². The molecule has 2 aromatic rings. The van der Waals surface area contributed by atoms with Gasteiger partial charge in [-0.1, -0.05) is 26.0 Å². The summed E-state index contributed by atoms with van der Waals surface area (Å²) in [4.78, 5) is 80.9. The first kappa shape index (κ1) is 25.9. The van der Waals surface area contributed by atoms with Crippen LogP contribution in [0.1, 0.15) is 39.5 Å². The zero-order chi connectivity index (χ0) is 28.3. The van der Waals surface area contributed by atoms with E-state index in [9.17, 15) is 28.8 Å². The lowest BCUT2D eigenvalue weighted by Crippen LogP contribution is -2.53. The van der Waals surface area contributed by atoms with Gasteiger partial charge in [0.25, 0.3) is 0 Å². The third-order valence-corrected chi connectivity index (χ3v) is 8.67. The molecular formula is C30H28N2O8. The number of nitrogens with zero attached hydrogens (tertiary/aromatic N) is 2. The number of imide groups is 2. The van der Waals surface area contributed by atoms with Crippen molar-refractivity contribution >= 4 is 46.9 Å². The first-order chi connectivity index (χ1) is 19.2. The Bertz CT molecular complexity index is 1310. The van der Waals surface area contributed by atoms with Crippen LogP contribution in [0.25, 0.3) is 0 Å². The molecule has 5 fully saturated rings. The van der Waals surface area contributed by atoms with E-state index in [2.05, 4.69) is 0 Å². The Morgan fingerprint density at radius 1 is 0.650 bits per heavy atom. The highest BCUT2D eigenvalue weighted by atomic mass is 16.5. The summed E-state index contributed by atoms with van der Waals surface area (Å²) >= 11 is 0. The zero-order valence-corrected chi connectivity index (χ0v) is 22.1. The summed E-state index contributed by atoms with van der Waals surface area (Å²) in [5.74, 6) is -5.73. The van der Waals surface area contributed by atoms with E-state index in [-0.39, 0.29) is 24.3 Å². The maximum absolute atomic E-state index is 13.8. The Labute approximate surface area is 230 Å². The molecule has 2 saturated heterocycles. The van der Waals surface area contributed by atoms with Crippen LogP contribution in [0.5, 0.6) is 11.5 Å². The van der Waals surface area contributed by atoms with Gasteiger partial charge in [0.1, 0.15) is 11.5 Å². The number of hydrogen-bond donors (Lipinski definition) is 0. The maximum Gasteiger partial charge on any atom is 0.310 e. The molecule has 5 aliphatic rings. The summed E-state index contributed by atoms with van der Waals surface area (Å²) in [5.41, 5.74) is 0.598. The lowest BCUT2D eigenvalue weighted by molar-refractivity contribution is -0.148. The van der Waals surface area contributed by atoms with Crippen molar-refractivity contribution in [2.45, 2.75) is 39.5 Å². The highest BCUT2D eigenvalue weighted by Crippen LogP contribution is 2.61. The number of carbonyl (C=O) groups excluding carboxylic acids is 6. The molecule has 4 amide bonds. The number of fused-ring (bicyclic) bond motifs is 1. The number of rotatable bonds is 6. The minimum absolute atomic E-state index is 0.176. The third kappa shape index (κ3) is 3.84. The van der Waals surface area contributed by atoms with Crippen molar-refractivity contribution in [3.8, 4) is 11.5 Å². The summed E-state index contributed by atoms with van der Waals surface area (Å²) in [6.45, 7) is 3.33. The number of anilines is 2. The molecule has 3 saturated carbocycles. The molecule has 0 spiro atoms. The molecule has 206 valence electrons. The van der Waals surface area contributed by atoms with Crippen LogP contribution in [0.3, 0.4) is 0 Å². The Morgan fingerprint density at radius 2 is 1.00 bits per heavy atom. The van der Waals surface area contributed by atoms with E-state index < -0.39 is 71.1 Å². The predicted octanol–water partition coefficient (Wildman–Crippen LogP) is 3.27. The Balaban J connectivity index is 1.30. The fourth-order valence-corrected chi connectivity index (χ4v) is 7.06. The van der Waals surface area contributed by atoms with Crippen molar-refractivity contribution in [3.63, 3.8) is 0 Å². The van der Waals surface area contributed by atoms with Gasteiger partial charge in [0.2, 0.25) is 23.6 Å². The SMILES string of the molecule is CCC(=O)Oc1cccc(N2C(=O)C3C4CCC(C3C2=O)C2C(=O)N(c3cccc(OC(=O)CC)c3)C(=O)C42)c1. The molecule has 0 aromatic heterocycles. The lowest BCUT2D eigenvalue weighted by Gasteiger charge is -2.48. The molecule has 2 heterocycles. The van der Waals surface area contributed by atoms with Gasteiger partial charge in [0, 0.05) is 25.0 Å². The first-order valence-electron chi connectivity index (χ1n) is 13.6. The van der Waals surface area contributed by atoms with Crippen LogP contribution in [0, 0.1) is 35.5 Å². The van der Waals surface area contributed by atoms with E-state index in [1.165, 1.54) is 12.1 Å². The average molecular weight is 545 g/mol. The summed E-state index contributed by atoms with van der Waals surface area (Å²) in [5, 5.41) is 0. The van der Waals surface area contributed by atoms with Crippen LogP contribution >= 0.6 is 0 Å². The van der Waals surface area contributed by atoms with Gasteiger partial charge in [-0.3, -0.25) is 28.8 Å². The van der Waals surface area contributed by atoms with E-state index >= 15 is 0 Å². The molecular weight excluding hydrogens is 516 g/mol. The molecule has 10 nitrogen and oxygen atoms in total. The summed E-state index contributed by atoms with van der Waals surface area (Å²) < 4.78 is 10.6. The molecule has 0 N–H and O–H groups in total. The van der Waals surface area contributed by atoms with E-state index in [1.807, 2.05) is 0 Å². The van der Waals surface area contributed by atoms with Gasteiger partial charge in [0.15, 0.2) is 0 Å². The van der Waals surface area contributed by atoms with Gasteiger partial charge in [0.05, 0.1) is 35.0 Å². The monoisotopic (exact) mass is 544 g/mol. The van der Waals surface area contributed by atoms with Crippen molar-refractivity contribution in [1.82, 2.24) is 0 Å². The number of esters is 2.